The Labute approximate surface area is 179 Å². The third-order valence-electron chi connectivity index (χ3n) is 4.49. The van der Waals surface area contributed by atoms with Crippen LogP contribution in [0.25, 0.3) is 0 Å². The van der Waals surface area contributed by atoms with Crippen LogP contribution in [0.2, 0.25) is 0 Å². The fourth-order valence-electron chi connectivity index (χ4n) is 3.09. The van der Waals surface area contributed by atoms with Crippen molar-refractivity contribution in [1.82, 2.24) is 10.2 Å². The number of piperidine rings is 1. The summed E-state index contributed by atoms with van der Waals surface area (Å²) in [6.07, 6.45) is 1.63. The second kappa shape index (κ2) is 12.9. The van der Waals surface area contributed by atoms with Gasteiger partial charge in [-0.1, -0.05) is 24.3 Å². The Bertz CT molecular complexity index is 585. The average molecular weight is 489 g/mol. The fourth-order valence-corrected chi connectivity index (χ4v) is 3.09. The minimum absolute atomic E-state index is 0. The SMILES string of the molecule is CCNC(=NCc1ccc(COC)cc1)N1CCC(C(=O)OCC)CC1.I. The van der Waals surface area contributed by atoms with Crippen LogP contribution in [0.4, 0.5) is 0 Å². The number of benzene rings is 1. The van der Waals surface area contributed by atoms with Gasteiger partial charge in [-0.05, 0) is 37.8 Å². The molecule has 0 amide bonds. The molecule has 0 saturated carbocycles. The summed E-state index contributed by atoms with van der Waals surface area (Å²) in [7, 11) is 1.70. The largest absolute Gasteiger partial charge is 0.466 e. The van der Waals surface area contributed by atoms with E-state index in [1.165, 1.54) is 5.56 Å². The summed E-state index contributed by atoms with van der Waals surface area (Å²) in [6.45, 7) is 8.10. The molecule has 1 aliphatic rings. The molecular weight excluding hydrogens is 457 g/mol. The number of ether oxygens (including phenoxy) is 2. The summed E-state index contributed by atoms with van der Waals surface area (Å²) in [5.41, 5.74) is 2.33. The molecule has 1 heterocycles. The molecule has 0 atom stereocenters. The molecule has 0 spiro atoms. The van der Waals surface area contributed by atoms with Gasteiger partial charge in [-0.15, -0.1) is 24.0 Å². The van der Waals surface area contributed by atoms with Crippen molar-refractivity contribution in [2.75, 3.05) is 33.4 Å². The normalized spacial score (nSPS) is 15.2. The molecule has 1 N–H and O–H groups in total. The minimum Gasteiger partial charge on any atom is -0.466 e. The molecule has 1 fully saturated rings. The van der Waals surface area contributed by atoms with Gasteiger partial charge in [0.1, 0.15) is 0 Å². The number of likely N-dealkylation sites (tertiary alicyclic amines) is 1. The number of methoxy groups -OCH3 is 1. The first-order valence-corrected chi connectivity index (χ1v) is 9.44. The van der Waals surface area contributed by atoms with Gasteiger partial charge in [0.2, 0.25) is 0 Å². The molecule has 7 heteroatoms. The van der Waals surface area contributed by atoms with E-state index in [4.69, 9.17) is 14.5 Å². The lowest BCUT2D eigenvalue weighted by atomic mass is 9.97. The van der Waals surface area contributed by atoms with Gasteiger partial charge >= 0.3 is 5.97 Å². The third-order valence-corrected chi connectivity index (χ3v) is 4.49. The molecule has 27 heavy (non-hydrogen) atoms. The number of halogens is 1. The number of esters is 1. The lowest BCUT2D eigenvalue weighted by Crippen LogP contribution is -2.46. The van der Waals surface area contributed by atoms with Gasteiger partial charge in [-0.3, -0.25) is 4.79 Å². The molecular formula is C20H32IN3O3. The zero-order valence-electron chi connectivity index (χ0n) is 16.6. The third kappa shape index (κ3) is 7.65. The van der Waals surface area contributed by atoms with Gasteiger partial charge in [-0.25, -0.2) is 4.99 Å². The number of hydrogen-bond acceptors (Lipinski definition) is 4. The summed E-state index contributed by atoms with van der Waals surface area (Å²) in [5.74, 6) is 0.864. The predicted molar refractivity (Wildman–Crippen MR) is 118 cm³/mol. The quantitative estimate of drug-likeness (QED) is 0.276. The van der Waals surface area contributed by atoms with Crippen LogP contribution in [-0.2, 0) is 27.4 Å². The van der Waals surface area contributed by atoms with Crippen LogP contribution in [0.1, 0.15) is 37.8 Å². The van der Waals surface area contributed by atoms with Gasteiger partial charge in [0, 0.05) is 26.7 Å². The summed E-state index contributed by atoms with van der Waals surface area (Å²) in [5, 5.41) is 3.36. The number of nitrogens with one attached hydrogen (secondary N) is 1. The lowest BCUT2D eigenvalue weighted by Gasteiger charge is -2.33. The summed E-state index contributed by atoms with van der Waals surface area (Å²) >= 11 is 0. The highest BCUT2D eigenvalue weighted by Gasteiger charge is 2.27. The second-order valence-corrected chi connectivity index (χ2v) is 6.43. The van der Waals surface area contributed by atoms with Crippen molar-refractivity contribution in [3.05, 3.63) is 35.4 Å². The Balaban J connectivity index is 0.00000364. The van der Waals surface area contributed by atoms with Crippen molar-refractivity contribution in [3.8, 4) is 0 Å². The average Bonchev–Trinajstić information content (AvgIpc) is 2.67. The van der Waals surface area contributed by atoms with Gasteiger partial charge < -0.3 is 19.7 Å². The van der Waals surface area contributed by atoms with E-state index in [9.17, 15) is 4.79 Å². The van der Waals surface area contributed by atoms with Gasteiger partial charge in [0.15, 0.2) is 5.96 Å². The first-order chi connectivity index (χ1) is 12.7. The van der Waals surface area contributed by atoms with Crippen molar-refractivity contribution in [3.63, 3.8) is 0 Å². The summed E-state index contributed by atoms with van der Waals surface area (Å²) in [6, 6.07) is 8.33. The Morgan fingerprint density at radius 2 is 1.81 bits per heavy atom. The highest BCUT2D eigenvalue weighted by molar-refractivity contribution is 14.0. The molecule has 0 bridgehead atoms. The Morgan fingerprint density at radius 1 is 1.19 bits per heavy atom. The zero-order valence-corrected chi connectivity index (χ0v) is 18.9. The molecule has 1 aromatic rings. The van der Waals surface area contributed by atoms with Crippen LogP contribution in [0.15, 0.2) is 29.3 Å². The van der Waals surface area contributed by atoms with Crippen molar-refractivity contribution < 1.29 is 14.3 Å². The van der Waals surface area contributed by atoms with Crippen molar-refractivity contribution in [2.24, 2.45) is 10.9 Å². The smallest absolute Gasteiger partial charge is 0.309 e. The Kier molecular flexibility index (Phi) is 11.3. The number of carbonyl (C=O) groups is 1. The van der Waals surface area contributed by atoms with Crippen LogP contribution in [0, 0.1) is 5.92 Å². The van der Waals surface area contributed by atoms with Crippen molar-refractivity contribution in [2.45, 2.75) is 39.8 Å². The monoisotopic (exact) mass is 489 g/mol. The molecule has 1 aromatic carbocycles. The Morgan fingerprint density at radius 3 is 2.37 bits per heavy atom. The van der Waals surface area contributed by atoms with E-state index in [0.29, 0.717) is 19.8 Å². The van der Waals surface area contributed by atoms with Crippen LogP contribution < -0.4 is 5.32 Å². The maximum atomic E-state index is 11.9. The van der Waals surface area contributed by atoms with Crippen LogP contribution in [-0.4, -0.2) is 50.2 Å². The van der Waals surface area contributed by atoms with E-state index in [1.807, 2.05) is 6.92 Å². The number of aliphatic imine (C=N–C) groups is 1. The van der Waals surface area contributed by atoms with E-state index < -0.39 is 0 Å². The van der Waals surface area contributed by atoms with Crippen molar-refractivity contribution >= 4 is 35.9 Å². The zero-order chi connectivity index (χ0) is 18.8. The second-order valence-electron chi connectivity index (χ2n) is 6.43. The summed E-state index contributed by atoms with van der Waals surface area (Å²) < 4.78 is 10.3. The molecule has 2 rings (SSSR count). The molecule has 1 aliphatic heterocycles. The van der Waals surface area contributed by atoms with Gasteiger partial charge in [-0.2, -0.15) is 0 Å². The van der Waals surface area contributed by atoms with E-state index >= 15 is 0 Å². The predicted octanol–water partition coefficient (Wildman–Crippen LogP) is 3.19. The molecule has 1 saturated heterocycles. The van der Waals surface area contributed by atoms with Gasteiger partial charge in [0.05, 0.1) is 25.7 Å². The number of rotatable bonds is 7. The maximum absolute atomic E-state index is 11.9. The fraction of sp³-hybridized carbons (Fsp3) is 0.600. The van der Waals surface area contributed by atoms with E-state index in [-0.39, 0.29) is 35.9 Å². The highest BCUT2D eigenvalue weighted by Crippen LogP contribution is 2.19. The Hall–Kier alpha value is -1.35. The molecule has 0 aliphatic carbocycles. The topological polar surface area (TPSA) is 63.2 Å². The summed E-state index contributed by atoms with van der Waals surface area (Å²) in [4.78, 5) is 18.9. The molecule has 0 radical (unpaired) electrons. The first-order valence-electron chi connectivity index (χ1n) is 9.44. The molecule has 0 aromatic heterocycles. The van der Waals surface area contributed by atoms with Crippen LogP contribution in [0.3, 0.4) is 0 Å². The minimum atomic E-state index is -0.0646. The molecule has 6 nitrogen and oxygen atoms in total. The highest BCUT2D eigenvalue weighted by atomic mass is 127. The number of hydrogen-bond donors (Lipinski definition) is 1. The first kappa shape index (κ1) is 23.7. The number of carbonyl (C=O) groups excluding carboxylic acids is 1. The molecule has 152 valence electrons. The van der Waals surface area contributed by atoms with Crippen LogP contribution in [0.5, 0.6) is 0 Å². The van der Waals surface area contributed by atoms with Crippen molar-refractivity contribution in [1.29, 1.82) is 0 Å². The lowest BCUT2D eigenvalue weighted by molar-refractivity contribution is -0.149. The maximum Gasteiger partial charge on any atom is 0.309 e. The van der Waals surface area contributed by atoms with Crippen LogP contribution >= 0.6 is 24.0 Å². The molecule has 0 unspecified atom stereocenters. The number of nitrogens with zero attached hydrogens (tertiary/aromatic N) is 2. The van der Waals surface area contributed by atoms with E-state index in [0.717, 1.165) is 44.0 Å². The van der Waals surface area contributed by atoms with E-state index in [1.54, 1.807) is 7.11 Å². The number of guanidine groups is 1. The van der Waals surface area contributed by atoms with Gasteiger partial charge in [0.25, 0.3) is 0 Å². The van der Waals surface area contributed by atoms with E-state index in [2.05, 4.69) is 41.4 Å². The standard InChI is InChI=1S/C20H31N3O3.HI/c1-4-21-20(22-14-16-6-8-17(9-7-16)15-25-3)23-12-10-18(11-13-23)19(24)26-5-2;/h6-9,18H,4-5,10-15H2,1-3H3,(H,21,22);1H.